The number of benzene rings is 1. The average Bonchev–Trinajstić information content (AvgIpc) is 2.49. The maximum absolute atomic E-state index is 13.6. The van der Waals surface area contributed by atoms with E-state index in [2.05, 4.69) is 4.72 Å². The molecule has 0 unspecified atom stereocenters. The second-order valence-electron chi connectivity index (χ2n) is 5.86. The van der Waals surface area contributed by atoms with Crippen LogP contribution in [0.3, 0.4) is 0 Å². The number of piperidine rings is 1. The Morgan fingerprint density at radius 1 is 1.30 bits per heavy atom. The van der Waals surface area contributed by atoms with E-state index >= 15 is 0 Å². The van der Waals surface area contributed by atoms with Crippen molar-refractivity contribution in [1.82, 2.24) is 9.62 Å². The molecule has 1 aromatic rings. The standard InChI is InChI=1S/C16H23FN2O3S/c1-2-11-23(21,22)18-14-7-9-19(10-8-14)16(20)12-13-5-3-4-6-15(13)17/h3-6,14,18H,2,7-12H2,1H3. The van der Waals surface area contributed by atoms with Crippen molar-refractivity contribution in [2.75, 3.05) is 18.8 Å². The van der Waals surface area contributed by atoms with Crippen molar-refractivity contribution >= 4 is 15.9 Å². The molecular formula is C16H23FN2O3S. The van der Waals surface area contributed by atoms with Gasteiger partial charge in [-0.05, 0) is 30.9 Å². The number of nitrogens with zero attached hydrogens (tertiary/aromatic N) is 1. The number of likely N-dealkylation sites (tertiary alicyclic amines) is 1. The molecule has 1 aromatic carbocycles. The molecule has 1 N–H and O–H groups in total. The lowest BCUT2D eigenvalue weighted by Gasteiger charge is -2.32. The van der Waals surface area contributed by atoms with E-state index in [0.29, 0.717) is 37.9 Å². The van der Waals surface area contributed by atoms with Gasteiger partial charge in [0.05, 0.1) is 12.2 Å². The molecule has 0 atom stereocenters. The van der Waals surface area contributed by atoms with E-state index in [0.717, 1.165) is 0 Å². The van der Waals surface area contributed by atoms with Gasteiger partial charge in [0.25, 0.3) is 0 Å². The maximum atomic E-state index is 13.6. The number of halogens is 1. The molecule has 1 amide bonds. The molecule has 7 heteroatoms. The third-order valence-electron chi connectivity index (χ3n) is 3.97. The van der Waals surface area contributed by atoms with Crippen LogP contribution in [0.2, 0.25) is 0 Å². The SMILES string of the molecule is CCCS(=O)(=O)NC1CCN(C(=O)Cc2ccccc2F)CC1. The van der Waals surface area contributed by atoms with Crippen LogP contribution in [0.5, 0.6) is 0 Å². The molecule has 23 heavy (non-hydrogen) atoms. The number of hydrogen-bond acceptors (Lipinski definition) is 3. The number of amides is 1. The molecule has 1 saturated heterocycles. The van der Waals surface area contributed by atoms with E-state index < -0.39 is 10.0 Å². The van der Waals surface area contributed by atoms with Gasteiger partial charge in [-0.1, -0.05) is 25.1 Å². The first-order chi connectivity index (χ1) is 10.9. The van der Waals surface area contributed by atoms with Crippen LogP contribution in [0, 0.1) is 5.82 Å². The molecule has 128 valence electrons. The fourth-order valence-corrected chi connectivity index (χ4v) is 4.14. The van der Waals surface area contributed by atoms with Gasteiger partial charge in [0.15, 0.2) is 0 Å². The van der Waals surface area contributed by atoms with E-state index in [4.69, 9.17) is 0 Å². The van der Waals surface area contributed by atoms with Crippen molar-refractivity contribution in [3.63, 3.8) is 0 Å². The lowest BCUT2D eigenvalue weighted by Crippen LogP contribution is -2.47. The second kappa shape index (κ2) is 7.88. The Balaban J connectivity index is 1.84. The van der Waals surface area contributed by atoms with E-state index in [1.165, 1.54) is 6.07 Å². The first-order valence-corrected chi connectivity index (χ1v) is 9.57. The van der Waals surface area contributed by atoms with Gasteiger partial charge >= 0.3 is 0 Å². The molecule has 0 saturated carbocycles. The summed E-state index contributed by atoms with van der Waals surface area (Å²) < 4.78 is 39.8. The number of rotatable bonds is 6. The van der Waals surface area contributed by atoms with Crippen molar-refractivity contribution < 1.29 is 17.6 Å². The van der Waals surface area contributed by atoms with E-state index in [9.17, 15) is 17.6 Å². The first-order valence-electron chi connectivity index (χ1n) is 7.92. The first kappa shape index (κ1) is 17.9. The van der Waals surface area contributed by atoms with Crippen LogP contribution >= 0.6 is 0 Å². The maximum Gasteiger partial charge on any atom is 0.227 e. The molecule has 1 heterocycles. The highest BCUT2D eigenvalue weighted by atomic mass is 32.2. The molecule has 0 aromatic heterocycles. The summed E-state index contributed by atoms with van der Waals surface area (Å²) in [6.07, 6.45) is 1.80. The molecular weight excluding hydrogens is 319 g/mol. The molecule has 0 radical (unpaired) electrons. The minimum absolute atomic E-state index is 0.0406. The lowest BCUT2D eigenvalue weighted by atomic mass is 10.0. The minimum Gasteiger partial charge on any atom is -0.342 e. The monoisotopic (exact) mass is 342 g/mol. The summed E-state index contributed by atoms with van der Waals surface area (Å²) in [5, 5.41) is 0. The number of sulfonamides is 1. The van der Waals surface area contributed by atoms with E-state index in [1.807, 2.05) is 6.92 Å². The van der Waals surface area contributed by atoms with E-state index in [-0.39, 0.29) is 29.9 Å². The van der Waals surface area contributed by atoms with Gasteiger partial charge in [0.2, 0.25) is 15.9 Å². The van der Waals surface area contributed by atoms with Gasteiger partial charge in [0.1, 0.15) is 5.82 Å². The Morgan fingerprint density at radius 2 is 1.96 bits per heavy atom. The number of hydrogen-bond donors (Lipinski definition) is 1. The normalized spacial score (nSPS) is 16.5. The minimum atomic E-state index is -3.23. The zero-order chi connectivity index (χ0) is 16.9. The molecule has 1 aliphatic rings. The van der Waals surface area contributed by atoms with E-state index in [1.54, 1.807) is 23.1 Å². The fourth-order valence-electron chi connectivity index (χ4n) is 2.74. The molecule has 0 bridgehead atoms. The number of carbonyl (C=O) groups is 1. The zero-order valence-corrected chi connectivity index (χ0v) is 14.1. The van der Waals surface area contributed by atoms with Gasteiger partial charge < -0.3 is 4.90 Å². The Labute approximate surface area is 136 Å². The lowest BCUT2D eigenvalue weighted by molar-refractivity contribution is -0.131. The third-order valence-corrected chi connectivity index (χ3v) is 5.60. The zero-order valence-electron chi connectivity index (χ0n) is 13.3. The second-order valence-corrected chi connectivity index (χ2v) is 7.73. The van der Waals surface area contributed by atoms with Gasteiger partial charge in [-0.2, -0.15) is 0 Å². The summed E-state index contributed by atoms with van der Waals surface area (Å²) in [4.78, 5) is 13.9. The van der Waals surface area contributed by atoms with Crippen molar-refractivity contribution in [3.05, 3.63) is 35.6 Å². The van der Waals surface area contributed by atoms with Crippen LogP contribution < -0.4 is 4.72 Å². The van der Waals surface area contributed by atoms with Gasteiger partial charge in [-0.25, -0.2) is 17.5 Å². The van der Waals surface area contributed by atoms with Crippen LogP contribution in [0.15, 0.2) is 24.3 Å². The highest BCUT2D eigenvalue weighted by Gasteiger charge is 2.25. The summed E-state index contributed by atoms with van der Waals surface area (Å²) in [7, 11) is -3.23. The van der Waals surface area contributed by atoms with Crippen LogP contribution in [-0.4, -0.2) is 44.1 Å². The summed E-state index contributed by atoms with van der Waals surface area (Å²) in [5.41, 5.74) is 0.392. The van der Waals surface area contributed by atoms with Crippen LogP contribution in [0.4, 0.5) is 4.39 Å². The summed E-state index contributed by atoms with van der Waals surface area (Å²) in [6.45, 7) is 2.81. The summed E-state index contributed by atoms with van der Waals surface area (Å²) in [5.74, 6) is -0.368. The molecule has 0 spiro atoms. The summed E-state index contributed by atoms with van der Waals surface area (Å²) in [6, 6.07) is 6.14. The smallest absolute Gasteiger partial charge is 0.227 e. The van der Waals surface area contributed by atoms with Crippen molar-refractivity contribution in [3.8, 4) is 0 Å². The molecule has 5 nitrogen and oxygen atoms in total. The van der Waals surface area contributed by atoms with Crippen LogP contribution in [-0.2, 0) is 21.2 Å². The number of carbonyl (C=O) groups excluding carboxylic acids is 1. The predicted molar refractivity (Wildman–Crippen MR) is 86.9 cm³/mol. The van der Waals surface area contributed by atoms with Crippen molar-refractivity contribution in [1.29, 1.82) is 0 Å². The van der Waals surface area contributed by atoms with Gasteiger partial charge in [-0.3, -0.25) is 4.79 Å². The fraction of sp³-hybridized carbons (Fsp3) is 0.562. The van der Waals surface area contributed by atoms with Crippen molar-refractivity contribution in [2.45, 2.75) is 38.6 Å². The average molecular weight is 342 g/mol. The highest BCUT2D eigenvalue weighted by molar-refractivity contribution is 7.89. The Morgan fingerprint density at radius 3 is 2.57 bits per heavy atom. The molecule has 1 fully saturated rings. The van der Waals surface area contributed by atoms with Gasteiger partial charge in [0, 0.05) is 19.1 Å². The predicted octanol–water partition coefficient (Wildman–Crippen LogP) is 1.69. The largest absolute Gasteiger partial charge is 0.342 e. The van der Waals surface area contributed by atoms with Crippen molar-refractivity contribution in [2.24, 2.45) is 0 Å². The molecule has 1 aliphatic heterocycles. The molecule has 2 rings (SSSR count). The Kier molecular flexibility index (Phi) is 6.12. The summed E-state index contributed by atoms with van der Waals surface area (Å²) >= 11 is 0. The Hall–Kier alpha value is -1.47. The van der Waals surface area contributed by atoms with Crippen LogP contribution in [0.1, 0.15) is 31.7 Å². The quantitative estimate of drug-likeness (QED) is 0.855. The highest BCUT2D eigenvalue weighted by Crippen LogP contribution is 2.15. The van der Waals surface area contributed by atoms with Gasteiger partial charge in [-0.15, -0.1) is 0 Å². The third kappa shape index (κ3) is 5.28. The van der Waals surface area contributed by atoms with Crippen LogP contribution in [0.25, 0.3) is 0 Å². The molecule has 0 aliphatic carbocycles. The Bertz CT molecular complexity index is 640. The number of nitrogens with one attached hydrogen (secondary N) is 1. The topological polar surface area (TPSA) is 66.5 Å².